The molecular formula is C20H16ClN3O7. The van der Waals surface area contributed by atoms with Crippen molar-refractivity contribution in [2.45, 2.75) is 13.8 Å². The van der Waals surface area contributed by atoms with Crippen LogP contribution in [0.25, 0.3) is 6.08 Å². The van der Waals surface area contributed by atoms with Gasteiger partial charge >= 0.3 is 11.7 Å². The molecule has 0 spiro atoms. The van der Waals surface area contributed by atoms with E-state index >= 15 is 0 Å². The normalized spacial score (nSPS) is 15.3. The summed E-state index contributed by atoms with van der Waals surface area (Å²) < 4.78 is 5.19. The van der Waals surface area contributed by atoms with Crippen molar-refractivity contribution >= 4 is 46.9 Å². The minimum absolute atomic E-state index is 0.0442. The third-order valence-corrected chi connectivity index (χ3v) is 4.81. The fourth-order valence-electron chi connectivity index (χ4n) is 2.88. The van der Waals surface area contributed by atoms with Gasteiger partial charge in [0.2, 0.25) is 5.75 Å². The molecule has 0 aromatic heterocycles. The van der Waals surface area contributed by atoms with Crippen molar-refractivity contribution < 1.29 is 29.2 Å². The van der Waals surface area contributed by atoms with Crippen LogP contribution < -0.4 is 15.0 Å². The average molecular weight is 446 g/mol. The predicted octanol–water partition coefficient (Wildman–Crippen LogP) is 3.33. The Morgan fingerprint density at radius 2 is 1.97 bits per heavy atom. The van der Waals surface area contributed by atoms with Crippen molar-refractivity contribution in [3.8, 4) is 11.5 Å². The van der Waals surface area contributed by atoms with Crippen LogP contribution in [0.1, 0.15) is 18.1 Å². The maximum atomic E-state index is 13.0. The first kappa shape index (κ1) is 21.8. The van der Waals surface area contributed by atoms with Gasteiger partial charge in [-0.15, -0.1) is 0 Å². The third-order valence-electron chi connectivity index (χ3n) is 4.40. The standard InChI is InChI=1S/C20H16ClN3O7/c1-3-31-16-8-11(7-15(17(16)25)24(29)30)6-13-18(26)22-20(28)23(19(13)27)12-5-4-10(2)14(21)9-12/h4-9,25H,3H2,1-2H3,(H,22,26,28)/b13-6+. The summed E-state index contributed by atoms with van der Waals surface area (Å²) in [5.74, 6) is -2.79. The Morgan fingerprint density at radius 3 is 2.58 bits per heavy atom. The highest BCUT2D eigenvalue weighted by molar-refractivity contribution is 6.39. The molecule has 1 saturated heterocycles. The minimum Gasteiger partial charge on any atom is -0.500 e. The summed E-state index contributed by atoms with van der Waals surface area (Å²) in [6.07, 6.45) is 1.07. The van der Waals surface area contributed by atoms with E-state index in [1.54, 1.807) is 19.9 Å². The number of imide groups is 2. The van der Waals surface area contributed by atoms with Gasteiger partial charge in [-0.05, 0) is 49.2 Å². The van der Waals surface area contributed by atoms with Crippen molar-refractivity contribution in [3.05, 3.63) is 62.2 Å². The van der Waals surface area contributed by atoms with Crippen LogP contribution in [0.3, 0.4) is 0 Å². The molecule has 160 valence electrons. The number of aryl methyl sites for hydroxylation is 1. The second-order valence-electron chi connectivity index (χ2n) is 6.47. The van der Waals surface area contributed by atoms with Crippen molar-refractivity contribution in [1.29, 1.82) is 0 Å². The number of nitro benzene ring substituents is 1. The zero-order chi connectivity index (χ0) is 22.9. The monoisotopic (exact) mass is 445 g/mol. The second-order valence-corrected chi connectivity index (χ2v) is 6.88. The van der Waals surface area contributed by atoms with E-state index in [2.05, 4.69) is 5.32 Å². The average Bonchev–Trinajstić information content (AvgIpc) is 2.69. The molecule has 0 unspecified atom stereocenters. The quantitative estimate of drug-likeness (QED) is 0.311. The van der Waals surface area contributed by atoms with Crippen molar-refractivity contribution in [2.24, 2.45) is 0 Å². The molecule has 2 aromatic rings. The van der Waals surface area contributed by atoms with Crippen LogP contribution >= 0.6 is 11.6 Å². The number of nitrogens with zero attached hydrogens (tertiary/aromatic N) is 2. The fourth-order valence-corrected chi connectivity index (χ4v) is 3.06. The number of hydrogen-bond donors (Lipinski definition) is 2. The maximum absolute atomic E-state index is 13.0. The van der Waals surface area contributed by atoms with Gasteiger partial charge in [-0.3, -0.25) is 25.0 Å². The number of benzene rings is 2. The molecule has 2 N–H and O–H groups in total. The van der Waals surface area contributed by atoms with E-state index in [1.165, 1.54) is 18.2 Å². The molecule has 0 radical (unpaired) electrons. The minimum atomic E-state index is -0.974. The SMILES string of the molecule is CCOc1cc(/C=C2\C(=O)NC(=O)N(c3ccc(C)c(Cl)c3)C2=O)cc([N+](=O)[O-])c1O. The summed E-state index contributed by atoms with van der Waals surface area (Å²) in [6, 6.07) is 5.76. The predicted molar refractivity (Wildman–Crippen MR) is 111 cm³/mol. The zero-order valence-electron chi connectivity index (χ0n) is 16.3. The molecule has 1 aliphatic rings. The number of rotatable bonds is 5. The van der Waals surface area contributed by atoms with Gasteiger partial charge in [0, 0.05) is 11.1 Å². The maximum Gasteiger partial charge on any atom is 0.335 e. The van der Waals surface area contributed by atoms with E-state index in [0.717, 1.165) is 22.6 Å². The van der Waals surface area contributed by atoms with Crippen LogP contribution in [0.5, 0.6) is 11.5 Å². The summed E-state index contributed by atoms with van der Waals surface area (Å²) >= 11 is 6.08. The number of aromatic hydroxyl groups is 1. The Hall–Kier alpha value is -3.92. The van der Waals surface area contributed by atoms with Gasteiger partial charge in [-0.1, -0.05) is 17.7 Å². The number of carbonyl (C=O) groups excluding carboxylic acids is 3. The lowest BCUT2D eigenvalue weighted by Crippen LogP contribution is -2.54. The second kappa shape index (κ2) is 8.44. The summed E-state index contributed by atoms with van der Waals surface area (Å²) in [5.41, 5.74) is -0.202. The summed E-state index contributed by atoms with van der Waals surface area (Å²) in [4.78, 5) is 48.7. The highest BCUT2D eigenvalue weighted by Crippen LogP contribution is 2.38. The van der Waals surface area contributed by atoms with Crippen molar-refractivity contribution in [2.75, 3.05) is 11.5 Å². The molecule has 0 saturated carbocycles. The smallest absolute Gasteiger partial charge is 0.335 e. The van der Waals surface area contributed by atoms with Crippen LogP contribution in [0.2, 0.25) is 5.02 Å². The van der Waals surface area contributed by atoms with Crippen LogP contribution in [-0.2, 0) is 9.59 Å². The number of halogens is 1. The van der Waals surface area contributed by atoms with Crippen LogP contribution in [-0.4, -0.2) is 34.5 Å². The summed E-state index contributed by atoms with van der Waals surface area (Å²) in [7, 11) is 0. The number of nitro groups is 1. The van der Waals surface area contributed by atoms with Gasteiger partial charge in [-0.2, -0.15) is 0 Å². The Kier molecular flexibility index (Phi) is 5.93. The number of anilines is 1. The molecule has 0 bridgehead atoms. The number of nitrogens with one attached hydrogen (secondary N) is 1. The lowest BCUT2D eigenvalue weighted by Gasteiger charge is -2.26. The highest BCUT2D eigenvalue weighted by Gasteiger charge is 2.37. The molecular weight excluding hydrogens is 430 g/mol. The van der Waals surface area contributed by atoms with Crippen molar-refractivity contribution in [1.82, 2.24) is 5.32 Å². The van der Waals surface area contributed by atoms with E-state index in [-0.39, 0.29) is 23.6 Å². The van der Waals surface area contributed by atoms with E-state index in [4.69, 9.17) is 16.3 Å². The molecule has 3 rings (SSSR count). The van der Waals surface area contributed by atoms with Gasteiger partial charge < -0.3 is 9.84 Å². The Balaban J connectivity index is 2.09. The van der Waals surface area contributed by atoms with Gasteiger partial charge in [0.15, 0.2) is 5.75 Å². The van der Waals surface area contributed by atoms with Gasteiger partial charge in [-0.25, -0.2) is 9.69 Å². The van der Waals surface area contributed by atoms with Crippen LogP contribution in [0.4, 0.5) is 16.2 Å². The molecule has 11 heteroatoms. The van der Waals surface area contributed by atoms with E-state index in [9.17, 15) is 29.6 Å². The largest absolute Gasteiger partial charge is 0.500 e. The Bertz CT molecular complexity index is 1160. The van der Waals surface area contributed by atoms with Gasteiger partial charge in [0.05, 0.1) is 17.2 Å². The highest BCUT2D eigenvalue weighted by atomic mass is 35.5. The summed E-state index contributed by atoms with van der Waals surface area (Å²) in [6.45, 7) is 3.47. The summed E-state index contributed by atoms with van der Waals surface area (Å²) in [5, 5.41) is 23.6. The van der Waals surface area contributed by atoms with E-state index < -0.39 is 39.8 Å². The third kappa shape index (κ3) is 4.19. The lowest BCUT2D eigenvalue weighted by molar-refractivity contribution is -0.386. The molecule has 2 aromatic carbocycles. The molecule has 1 fully saturated rings. The zero-order valence-corrected chi connectivity index (χ0v) is 17.1. The van der Waals surface area contributed by atoms with Crippen LogP contribution in [0.15, 0.2) is 35.9 Å². The van der Waals surface area contributed by atoms with Gasteiger partial charge in [0.25, 0.3) is 11.8 Å². The molecule has 0 atom stereocenters. The number of urea groups is 1. The topological polar surface area (TPSA) is 139 Å². The Morgan fingerprint density at radius 1 is 1.26 bits per heavy atom. The molecule has 10 nitrogen and oxygen atoms in total. The molecule has 1 aliphatic heterocycles. The number of phenolic OH excluding ortho intramolecular Hbond substituents is 1. The number of phenols is 1. The first-order valence-corrected chi connectivity index (χ1v) is 9.33. The fraction of sp³-hybridized carbons (Fsp3) is 0.150. The molecule has 1 heterocycles. The first-order chi connectivity index (χ1) is 14.6. The Labute approximate surface area is 180 Å². The number of barbiturate groups is 1. The van der Waals surface area contributed by atoms with Gasteiger partial charge in [0.1, 0.15) is 5.57 Å². The number of ether oxygens (including phenoxy) is 1. The number of carbonyl (C=O) groups is 3. The lowest BCUT2D eigenvalue weighted by atomic mass is 10.1. The number of hydrogen-bond acceptors (Lipinski definition) is 7. The first-order valence-electron chi connectivity index (χ1n) is 8.95. The van der Waals surface area contributed by atoms with Crippen LogP contribution in [0, 0.1) is 17.0 Å². The van der Waals surface area contributed by atoms with E-state index in [0.29, 0.717) is 5.02 Å². The number of amides is 4. The molecule has 0 aliphatic carbocycles. The molecule has 4 amide bonds. The van der Waals surface area contributed by atoms with E-state index in [1.807, 2.05) is 0 Å². The molecule has 31 heavy (non-hydrogen) atoms. The van der Waals surface area contributed by atoms with Crippen molar-refractivity contribution in [3.63, 3.8) is 0 Å².